The third-order valence-electron chi connectivity index (χ3n) is 4.85. The SMILES string of the molecule is CCNCC1CCC(C)CC1Cc1ccc(F)cc1C. The van der Waals surface area contributed by atoms with Crippen LogP contribution >= 0.6 is 0 Å². The molecule has 0 radical (unpaired) electrons. The van der Waals surface area contributed by atoms with E-state index >= 15 is 0 Å². The Kier molecular flexibility index (Phi) is 5.59. The molecule has 3 atom stereocenters. The molecule has 1 aliphatic rings. The van der Waals surface area contributed by atoms with Gasteiger partial charge in [-0.25, -0.2) is 4.39 Å². The fourth-order valence-corrected chi connectivity index (χ4v) is 3.58. The third-order valence-corrected chi connectivity index (χ3v) is 4.85. The van der Waals surface area contributed by atoms with Gasteiger partial charge in [-0.3, -0.25) is 0 Å². The first-order chi connectivity index (χ1) is 9.60. The van der Waals surface area contributed by atoms with Crippen molar-refractivity contribution in [2.24, 2.45) is 17.8 Å². The van der Waals surface area contributed by atoms with Gasteiger partial charge in [0, 0.05) is 0 Å². The molecule has 0 heterocycles. The molecule has 2 rings (SSSR count). The first-order valence-electron chi connectivity index (χ1n) is 8.05. The quantitative estimate of drug-likeness (QED) is 0.844. The van der Waals surface area contributed by atoms with E-state index in [4.69, 9.17) is 0 Å². The molecule has 1 N–H and O–H groups in total. The van der Waals surface area contributed by atoms with Gasteiger partial charge >= 0.3 is 0 Å². The maximum Gasteiger partial charge on any atom is 0.123 e. The Bertz CT molecular complexity index is 427. The highest BCUT2D eigenvalue weighted by Crippen LogP contribution is 2.36. The Balaban J connectivity index is 2.06. The van der Waals surface area contributed by atoms with Crippen LogP contribution in [0.25, 0.3) is 0 Å². The minimum absolute atomic E-state index is 0.118. The van der Waals surface area contributed by atoms with Gasteiger partial charge < -0.3 is 5.32 Å². The zero-order valence-electron chi connectivity index (χ0n) is 13.1. The first-order valence-corrected chi connectivity index (χ1v) is 8.05. The van der Waals surface area contributed by atoms with Crippen molar-refractivity contribution in [2.75, 3.05) is 13.1 Å². The highest BCUT2D eigenvalue weighted by Gasteiger charge is 2.28. The lowest BCUT2D eigenvalue weighted by molar-refractivity contribution is 0.184. The van der Waals surface area contributed by atoms with Crippen molar-refractivity contribution in [1.29, 1.82) is 0 Å². The maximum absolute atomic E-state index is 13.2. The van der Waals surface area contributed by atoms with Crippen molar-refractivity contribution in [1.82, 2.24) is 5.32 Å². The average molecular weight is 277 g/mol. The standard InChI is InChI=1S/C18H28FN/c1-4-20-12-16-6-5-13(2)9-17(16)11-15-7-8-18(19)10-14(15)3/h7-8,10,13,16-17,20H,4-6,9,11-12H2,1-3H3. The Morgan fingerprint density at radius 1 is 1.25 bits per heavy atom. The summed E-state index contributed by atoms with van der Waals surface area (Å²) < 4.78 is 13.2. The molecule has 20 heavy (non-hydrogen) atoms. The lowest BCUT2D eigenvalue weighted by Gasteiger charge is -2.35. The van der Waals surface area contributed by atoms with Gasteiger partial charge in [0.2, 0.25) is 0 Å². The summed E-state index contributed by atoms with van der Waals surface area (Å²) in [5.74, 6) is 2.23. The van der Waals surface area contributed by atoms with Crippen LogP contribution in [-0.2, 0) is 6.42 Å². The van der Waals surface area contributed by atoms with Crippen LogP contribution in [0.3, 0.4) is 0 Å². The average Bonchev–Trinajstić information content (AvgIpc) is 2.41. The molecule has 1 saturated carbocycles. The predicted molar refractivity (Wildman–Crippen MR) is 83.4 cm³/mol. The monoisotopic (exact) mass is 277 g/mol. The smallest absolute Gasteiger partial charge is 0.123 e. The van der Waals surface area contributed by atoms with Gasteiger partial charge in [-0.05, 0) is 80.3 Å². The van der Waals surface area contributed by atoms with E-state index < -0.39 is 0 Å². The molecule has 1 aliphatic carbocycles. The van der Waals surface area contributed by atoms with E-state index in [0.29, 0.717) is 0 Å². The van der Waals surface area contributed by atoms with Crippen LogP contribution in [0.15, 0.2) is 18.2 Å². The Morgan fingerprint density at radius 3 is 2.75 bits per heavy atom. The van der Waals surface area contributed by atoms with E-state index in [0.717, 1.165) is 42.8 Å². The molecule has 0 aliphatic heterocycles. The Labute approximate surface area is 123 Å². The van der Waals surface area contributed by atoms with Gasteiger partial charge in [-0.15, -0.1) is 0 Å². The molecule has 0 amide bonds. The maximum atomic E-state index is 13.2. The van der Waals surface area contributed by atoms with Gasteiger partial charge in [0.15, 0.2) is 0 Å². The van der Waals surface area contributed by atoms with Crippen LogP contribution in [-0.4, -0.2) is 13.1 Å². The second kappa shape index (κ2) is 7.21. The summed E-state index contributed by atoms with van der Waals surface area (Å²) in [6.07, 6.45) is 5.10. The largest absolute Gasteiger partial charge is 0.317 e. The summed E-state index contributed by atoms with van der Waals surface area (Å²) in [5.41, 5.74) is 2.43. The van der Waals surface area contributed by atoms with Crippen molar-refractivity contribution >= 4 is 0 Å². The summed E-state index contributed by atoms with van der Waals surface area (Å²) in [6.45, 7) is 8.75. The lowest BCUT2D eigenvalue weighted by atomic mass is 9.72. The fraction of sp³-hybridized carbons (Fsp3) is 0.667. The summed E-state index contributed by atoms with van der Waals surface area (Å²) in [6, 6.07) is 5.25. The molecule has 0 spiro atoms. The highest BCUT2D eigenvalue weighted by molar-refractivity contribution is 5.27. The van der Waals surface area contributed by atoms with Crippen LogP contribution in [0.5, 0.6) is 0 Å². The van der Waals surface area contributed by atoms with E-state index in [9.17, 15) is 4.39 Å². The molecule has 0 aromatic heterocycles. The van der Waals surface area contributed by atoms with Gasteiger partial charge in [0.05, 0.1) is 0 Å². The Hall–Kier alpha value is -0.890. The van der Waals surface area contributed by atoms with Crippen molar-refractivity contribution in [2.45, 2.75) is 46.5 Å². The van der Waals surface area contributed by atoms with E-state index in [1.807, 2.05) is 13.0 Å². The summed E-state index contributed by atoms with van der Waals surface area (Å²) in [7, 11) is 0. The molecule has 3 unspecified atom stereocenters. The number of nitrogens with one attached hydrogen (secondary N) is 1. The zero-order valence-corrected chi connectivity index (χ0v) is 13.1. The number of hydrogen-bond acceptors (Lipinski definition) is 1. The summed E-state index contributed by atoms with van der Waals surface area (Å²) >= 11 is 0. The van der Waals surface area contributed by atoms with Gasteiger partial charge in [0.25, 0.3) is 0 Å². The minimum atomic E-state index is -0.118. The summed E-state index contributed by atoms with van der Waals surface area (Å²) in [4.78, 5) is 0. The van der Waals surface area contributed by atoms with Crippen molar-refractivity contribution in [3.8, 4) is 0 Å². The molecule has 2 heteroatoms. The van der Waals surface area contributed by atoms with E-state index in [1.165, 1.54) is 24.8 Å². The van der Waals surface area contributed by atoms with E-state index in [2.05, 4.69) is 19.2 Å². The zero-order chi connectivity index (χ0) is 14.5. The molecule has 1 aromatic carbocycles. The summed E-state index contributed by atoms with van der Waals surface area (Å²) in [5, 5.41) is 3.51. The highest BCUT2D eigenvalue weighted by atomic mass is 19.1. The fourth-order valence-electron chi connectivity index (χ4n) is 3.58. The van der Waals surface area contributed by atoms with E-state index in [1.54, 1.807) is 12.1 Å². The second-order valence-corrected chi connectivity index (χ2v) is 6.52. The molecule has 1 aromatic rings. The minimum Gasteiger partial charge on any atom is -0.317 e. The molecule has 0 bridgehead atoms. The van der Waals surface area contributed by atoms with Crippen LogP contribution in [0.4, 0.5) is 4.39 Å². The molecule has 1 fully saturated rings. The Morgan fingerprint density at radius 2 is 2.05 bits per heavy atom. The van der Waals surface area contributed by atoms with Crippen molar-refractivity contribution < 1.29 is 4.39 Å². The normalized spacial score (nSPS) is 26.7. The van der Waals surface area contributed by atoms with E-state index in [-0.39, 0.29) is 5.82 Å². The number of rotatable bonds is 5. The van der Waals surface area contributed by atoms with Crippen LogP contribution < -0.4 is 5.32 Å². The molecule has 112 valence electrons. The van der Waals surface area contributed by atoms with Crippen LogP contribution in [0.2, 0.25) is 0 Å². The van der Waals surface area contributed by atoms with Crippen LogP contribution in [0, 0.1) is 30.5 Å². The molecule has 0 saturated heterocycles. The third kappa shape index (κ3) is 4.05. The first kappa shape index (κ1) is 15.5. The van der Waals surface area contributed by atoms with Gasteiger partial charge in [-0.2, -0.15) is 0 Å². The topological polar surface area (TPSA) is 12.0 Å². The molecular formula is C18H28FN. The molecular weight excluding hydrogens is 249 g/mol. The second-order valence-electron chi connectivity index (χ2n) is 6.52. The predicted octanol–water partition coefficient (Wildman–Crippen LogP) is 4.34. The number of hydrogen-bond donors (Lipinski definition) is 1. The van der Waals surface area contributed by atoms with Gasteiger partial charge in [-0.1, -0.05) is 26.3 Å². The van der Waals surface area contributed by atoms with Crippen molar-refractivity contribution in [3.63, 3.8) is 0 Å². The van der Waals surface area contributed by atoms with Gasteiger partial charge in [0.1, 0.15) is 5.82 Å². The number of benzene rings is 1. The van der Waals surface area contributed by atoms with Crippen molar-refractivity contribution in [3.05, 3.63) is 35.1 Å². The van der Waals surface area contributed by atoms with Crippen LogP contribution in [0.1, 0.15) is 44.2 Å². The number of aryl methyl sites for hydroxylation is 1. The lowest BCUT2D eigenvalue weighted by Crippen LogP contribution is -2.33. The molecule has 1 nitrogen and oxygen atoms in total. The number of halogens is 1.